The molecule has 35 heavy (non-hydrogen) atoms. The summed E-state index contributed by atoms with van der Waals surface area (Å²) in [5.41, 5.74) is 3.72. The van der Waals surface area contributed by atoms with Crippen molar-refractivity contribution in [2.24, 2.45) is 5.10 Å². The first kappa shape index (κ1) is 22.8. The molecule has 0 unspecified atom stereocenters. The molecule has 1 aromatic carbocycles. The van der Waals surface area contributed by atoms with Crippen LogP contribution in [-0.4, -0.2) is 53.3 Å². The van der Waals surface area contributed by atoms with Crippen molar-refractivity contribution in [3.63, 3.8) is 0 Å². The van der Waals surface area contributed by atoms with Gasteiger partial charge in [-0.25, -0.2) is 10.2 Å². The van der Waals surface area contributed by atoms with Crippen LogP contribution in [0.2, 0.25) is 0 Å². The van der Waals surface area contributed by atoms with E-state index in [1.807, 2.05) is 6.07 Å². The normalized spacial score (nSPS) is 16.5. The first-order chi connectivity index (χ1) is 17.2. The molecule has 182 valence electrons. The van der Waals surface area contributed by atoms with E-state index < -0.39 is 5.97 Å². The van der Waals surface area contributed by atoms with Crippen LogP contribution in [-0.2, 0) is 0 Å². The topological polar surface area (TPSA) is 109 Å². The van der Waals surface area contributed by atoms with Gasteiger partial charge in [-0.2, -0.15) is 20.1 Å². The van der Waals surface area contributed by atoms with Gasteiger partial charge in [0, 0.05) is 26.2 Å². The maximum atomic E-state index is 12.1. The lowest BCUT2D eigenvalue weighted by Crippen LogP contribution is -2.34. The number of hydrazone groups is 1. The molecule has 2 aliphatic heterocycles. The molecule has 2 aliphatic rings. The molecular weight excluding hydrogens is 446 g/mol. The fourth-order valence-corrected chi connectivity index (χ4v) is 4.25. The number of nitrogens with zero attached hydrogens (tertiary/aromatic N) is 6. The Hall–Kier alpha value is -3.95. The van der Waals surface area contributed by atoms with Gasteiger partial charge < -0.3 is 19.0 Å². The van der Waals surface area contributed by atoms with Crippen LogP contribution >= 0.6 is 0 Å². The molecule has 5 rings (SSSR count). The van der Waals surface area contributed by atoms with Crippen molar-refractivity contribution in [3.8, 4) is 5.75 Å². The third kappa shape index (κ3) is 5.95. The number of aromatic nitrogens is 3. The number of esters is 1. The molecule has 0 radical (unpaired) electrons. The Balaban J connectivity index is 1.30. The van der Waals surface area contributed by atoms with Crippen molar-refractivity contribution in [2.45, 2.75) is 38.5 Å². The first-order valence-corrected chi connectivity index (χ1v) is 12.2. The maximum absolute atomic E-state index is 12.1. The van der Waals surface area contributed by atoms with Gasteiger partial charge in [0.2, 0.25) is 23.6 Å². The van der Waals surface area contributed by atoms with E-state index in [1.165, 1.54) is 19.1 Å². The predicted molar refractivity (Wildman–Crippen MR) is 133 cm³/mol. The quantitative estimate of drug-likeness (QED) is 0.234. The monoisotopic (exact) mass is 475 g/mol. The number of anilines is 3. The van der Waals surface area contributed by atoms with Crippen LogP contribution in [0, 0.1) is 0 Å². The minimum atomic E-state index is -0.553. The number of rotatable bonds is 7. The Morgan fingerprint density at radius 3 is 2.23 bits per heavy atom. The van der Waals surface area contributed by atoms with E-state index in [2.05, 4.69) is 30.3 Å². The van der Waals surface area contributed by atoms with Gasteiger partial charge in [0.25, 0.3) is 0 Å². The maximum Gasteiger partial charge on any atom is 0.379 e. The summed E-state index contributed by atoms with van der Waals surface area (Å²) in [5, 5.41) is 4.33. The summed E-state index contributed by atoms with van der Waals surface area (Å²) in [5.74, 6) is 1.81. The SMILES string of the molecule is O=C(Oc1cccc(/C=N/Nc2nc(N3CCCCC3)nc(N3CCCCC3)n2)c1)c1ccco1. The molecule has 2 fully saturated rings. The molecule has 0 amide bonds. The molecule has 0 spiro atoms. The molecule has 0 atom stereocenters. The summed E-state index contributed by atoms with van der Waals surface area (Å²) in [6, 6.07) is 10.3. The lowest BCUT2D eigenvalue weighted by molar-refractivity contribution is 0.0701. The molecule has 3 aromatic rings. The van der Waals surface area contributed by atoms with Gasteiger partial charge in [0.1, 0.15) is 5.75 Å². The second-order valence-electron chi connectivity index (χ2n) is 8.66. The number of carbonyl (C=O) groups is 1. The van der Waals surface area contributed by atoms with E-state index in [4.69, 9.17) is 14.1 Å². The Morgan fingerprint density at radius 2 is 1.60 bits per heavy atom. The molecule has 10 nitrogen and oxygen atoms in total. The summed E-state index contributed by atoms with van der Waals surface area (Å²) in [6.45, 7) is 3.82. The van der Waals surface area contributed by atoms with Gasteiger partial charge in [-0.05, 0) is 68.4 Å². The lowest BCUT2D eigenvalue weighted by Gasteiger charge is -2.30. The summed E-state index contributed by atoms with van der Waals surface area (Å²) in [4.78, 5) is 30.6. The number of piperidine rings is 2. The number of carbonyl (C=O) groups excluding carboxylic acids is 1. The second kappa shape index (κ2) is 11.0. The van der Waals surface area contributed by atoms with Crippen molar-refractivity contribution in [1.82, 2.24) is 15.0 Å². The molecule has 1 N–H and O–H groups in total. The van der Waals surface area contributed by atoms with Crippen molar-refractivity contribution >= 4 is 30.0 Å². The largest absolute Gasteiger partial charge is 0.457 e. The number of hydrogen-bond acceptors (Lipinski definition) is 10. The third-order valence-electron chi connectivity index (χ3n) is 6.06. The smallest absolute Gasteiger partial charge is 0.379 e. The Labute approximate surface area is 204 Å². The molecule has 0 aliphatic carbocycles. The van der Waals surface area contributed by atoms with Gasteiger partial charge in [-0.3, -0.25) is 0 Å². The van der Waals surface area contributed by atoms with Crippen LogP contribution in [0.15, 0.2) is 52.2 Å². The molecule has 0 saturated carbocycles. The van der Waals surface area contributed by atoms with Crippen molar-refractivity contribution in [3.05, 3.63) is 54.0 Å². The summed E-state index contributed by atoms with van der Waals surface area (Å²) >= 11 is 0. The van der Waals surface area contributed by atoms with Crippen LogP contribution in [0.4, 0.5) is 17.8 Å². The van der Waals surface area contributed by atoms with Gasteiger partial charge >= 0.3 is 5.97 Å². The van der Waals surface area contributed by atoms with E-state index in [9.17, 15) is 4.79 Å². The van der Waals surface area contributed by atoms with Gasteiger partial charge in [0.15, 0.2) is 0 Å². The average Bonchev–Trinajstić information content (AvgIpc) is 3.45. The van der Waals surface area contributed by atoms with E-state index in [-0.39, 0.29) is 5.76 Å². The predicted octanol–water partition coefficient (Wildman–Crippen LogP) is 4.11. The van der Waals surface area contributed by atoms with Crippen molar-refractivity contribution in [1.29, 1.82) is 0 Å². The van der Waals surface area contributed by atoms with Gasteiger partial charge in [-0.1, -0.05) is 12.1 Å². The Morgan fingerprint density at radius 1 is 0.914 bits per heavy atom. The molecule has 4 heterocycles. The molecule has 2 aromatic heterocycles. The zero-order chi connectivity index (χ0) is 23.9. The second-order valence-corrected chi connectivity index (χ2v) is 8.66. The van der Waals surface area contributed by atoms with Crippen LogP contribution in [0.3, 0.4) is 0 Å². The van der Waals surface area contributed by atoms with E-state index in [0.717, 1.165) is 57.4 Å². The molecule has 2 saturated heterocycles. The highest BCUT2D eigenvalue weighted by atomic mass is 16.5. The van der Waals surface area contributed by atoms with Crippen LogP contribution in [0.1, 0.15) is 54.6 Å². The summed E-state index contributed by atoms with van der Waals surface area (Å²) in [7, 11) is 0. The van der Waals surface area contributed by atoms with E-state index in [0.29, 0.717) is 23.6 Å². The van der Waals surface area contributed by atoms with Gasteiger partial charge in [-0.15, -0.1) is 0 Å². The van der Waals surface area contributed by atoms with E-state index >= 15 is 0 Å². The number of nitrogens with one attached hydrogen (secondary N) is 1. The van der Waals surface area contributed by atoms with Crippen molar-refractivity contribution < 1.29 is 13.9 Å². The van der Waals surface area contributed by atoms with Gasteiger partial charge in [0.05, 0.1) is 12.5 Å². The highest BCUT2D eigenvalue weighted by molar-refractivity contribution is 5.88. The van der Waals surface area contributed by atoms with Crippen LogP contribution in [0.5, 0.6) is 5.75 Å². The fourth-order valence-electron chi connectivity index (χ4n) is 4.25. The van der Waals surface area contributed by atoms with E-state index in [1.54, 1.807) is 36.5 Å². The average molecular weight is 476 g/mol. The Kier molecular flexibility index (Phi) is 7.16. The zero-order valence-corrected chi connectivity index (χ0v) is 19.6. The highest BCUT2D eigenvalue weighted by Gasteiger charge is 2.20. The Bertz CT molecular complexity index is 1120. The minimum absolute atomic E-state index is 0.148. The summed E-state index contributed by atoms with van der Waals surface area (Å²) in [6.07, 6.45) is 10.1. The number of ether oxygens (including phenoxy) is 1. The van der Waals surface area contributed by atoms with Crippen molar-refractivity contribution in [2.75, 3.05) is 41.4 Å². The number of furan rings is 1. The van der Waals surface area contributed by atoms with Crippen LogP contribution in [0.25, 0.3) is 0 Å². The number of benzene rings is 1. The molecule has 0 bridgehead atoms. The van der Waals surface area contributed by atoms with Crippen LogP contribution < -0.4 is 20.0 Å². The third-order valence-corrected chi connectivity index (χ3v) is 6.06. The summed E-state index contributed by atoms with van der Waals surface area (Å²) < 4.78 is 10.5. The number of hydrogen-bond donors (Lipinski definition) is 1. The molecular formula is C25H29N7O3. The standard InChI is InChI=1S/C25H29N7O3/c33-22(21-11-8-16-34-21)35-20-10-7-9-19(17-20)18-26-30-23-27-24(31-12-3-1-4-13-31)29-25(28-23)32-14-5-2-6-15-32/h7-11,16-18H,1-6,12-15H2,(H,27,28,29,30)/b26-18+. The zero-order valence-electron chi connectivity index (χ0n) is 19.6. The first-order valence-electron chi connectivity index (χ1n) is 12.2. The fraction of sp³-hybridized carbons (Fsp3) is 0.400. The lowest BCUT2D eigenvalue weighted by atomic mass is 10.1. The molecule has 10 heteroatoms. The highest BCUT2D eigenvalue weighted by Crippen LogP contribution is 2.22. The minimum Gasteiger partial charge on any atom is -0.457 e.